The molecule has 0 rings (SSSR count). The topological polar surface area (TPSA) is 76.4 Å². The van der Waals surface area contributed by atoms with E-state index in [1.54, 1.807) is 0 Å². The molecule has 0 aromatic carbocycles. The summed E-state index contributed by atoms with van der Waals surface area (Å²) < 4.78 is 0. The molecule has 8 heteroatoms. The van der Waals surface area contributed by atoms with Gasteiger partial charge in [0.25, 0.3) is 0 Å². The maximum Gasteiger partial charge on any atom is 0.165 e. The molecule has 0 bridgehead atoms. The third-order valence-electron chi connectivity index (χ3n) is 3.85. The molecule has 0 radical (unpaired) electrons. The van der Waals surface area contributed by atoms with E-state index in [9.17, 15) is 0 Å². The van der Waals surface area contributed by atoms with Gasteiger partial charge in [0.1, 0.15) is 13.1 Å². The van der Waals surface area contributed by atoms with Crippen molar-refractivity contribution in [3.8, 4) is 0 Å². The number of quaternary nitrogens is 2. The molecular weight excluding hydrogens is 534 g/mol. The second kappa shape index (κ2) is 23.3. The zero-order valence-corrected chi connectivity index (χ0v) is 19.9. The van der Waals surface area contributed by atoms with Gasteiger partial charge in [-0.1, -0.05) is 38.0 Å². The lowest BCUT2D eigenvalue weighted by Crippen LogP contribution is -3.00. The Morgan fingerprint density at radius 3 is 1.33 bits per heavy atom. The van der Waals surface area contributed by atoms with Crippen LogP contribution < -0.4 is 58.6 Å². The molecule has 0 amide bonds. The highest BCUT2D eigenvalue weighted by atomic mass is 127. The zero-order chi connectivity index (χ0) is 16.5. The van der Waals surface area contributed by atoms with Gasteiger partial charge in [-0.05, 0) is 25.7 Å². The molecule has 0 saturated heterocycles. The van der Waals surface area contributed by atoms with Crippen molar-refractivity contribution in [3.05, 3.63) is 0 Å². The van der Waals surface area contributed by atoms with E-state index in [1.807, 2.05) is 0 Å². The summed E-state index contributed by atoms with van der Waals surface area (Å²) >= 11 is 0. The molecule has 24 heavy (non-hydrogen) atoms. The van der Waals surface area contributed by atoms with Gasteiger partial charge in [0.05, 0.1) is 24.5 Å². The largest absolute Gasteiger partial charge is 1.00 e. The summed E-state index contributed by atoms with van der Waals surface area (Å²) in [5.41, 5.74) is 0. The van der Waals surface area contributed by atoms with E-state index >= 15 is 0 Å². The molecule has 0 saturated carbocycles. The maximum absolute atomic E-state index is 5.15. The van der Waals surface area contributed by atoms with E-state index in [-0.39, 0.29) is 48.0 Å². The van der Waals surface area contributed by atoms with Gasteiger partial charge in [0.2, 0.25) is 0 Å². The van der Waals surface area contributed by atoms with Crippen LogP contribution in [0.25, 0.3) is 0 Å². The summed E-state index contributed by atoms with van der Waals surface area (Å²) in [6.45, 7) is 11.9. The molecule has 0 aliphatic rings. The van der Waals surface area contributed by atoms with Crippen LogP contribution in [0.2, 0.25) is 0 Å². The van der Waals surface area contributed by atoms with E-state index < -0.39 is 0 Å². The number of hydrogen-bond donors (Lipinski definition) is 2. The highest BCUT2D eigenvalue weighted by Crippen LogP contribution is 1.88. The second-order valence-corrected chi connectivity index (χ2v) is 5.38. The van der Waals surface area contributed by atoms with Crippen LogP contribution in [0.15, 0.2) is 10.3 Å². The highest BCUT2D eigenvalue weighted by molar-refractivity contribution is 6.15. The highest BCUT2D eigenvalue weighted by Gasteiger charge is 2.05. The standard InChI is InChI=1S/C16H34N4O2.2HI/c1-5-15(6-2)17-11-13-21-19-9-10-20-22-14-12-18-16(7-3)8-4;;/h9-10,15-18H,5-8,11-14H2,1-4H3;2*1H/b19-9-,20-10-;;. The molecule has 0 atom stereocenters. The van der Waals surface area contributed by atoms with Crippen molar-refractivity contribution in [2.45, 2.75) is 65.5 Å². The summed E-state index contributed by atoms with van der Waals surface area (Å²) in [6.07, 6.45) is 7.80. The lowest BCUT2D eigenvalue weighted by atomic mass is 10.2. The molecule has 0 fully saturated rings. The smallest absolute Gasteiger partial charge is 0.165 e. The van der Waals surface area contributed by atoms with Crippen molar-refractivity contribution in [1.82, 2.24) is 0 Å². The Balaban J connectivity index is -0.00000220. The van der Waals surface area contributed by atoms with Crippen molar-refractivity contribution < 1.29 is 68.3 Å². The van der Waals surface area contributed by atoms with E-state index in [4.69, 9.17) is 9.68 Å². The number of nitrogens with zero attached hydrogens (tertiary/aromatic N) is 2. The average molecular weight is 570 g/mol. The average Bonchev–Trinajstić information content (AvgIpc) is 2.55. The first kappa shape index (κ1) is 29.1. The Morgan fingerprint density at radius 1 is 0.708 bits per heavy atom. The zero-order valence-electron chi connectivity index (χ0n) is 15.6. The van der Waals surface area contributed by atoms with E-state index in [2.05, 4.69) is 48.6 Å². The van der Waals surface area contributed by atoms with E-state index in [0.717, 1.165) is 13.1 Å². The minimum Gasteiger partial charge on any atom is -1.00 e. The predicted octanol–water partition coefficient (Wildman–Crippen LogP) is -5.50. The maximum atomic E-state index is 5.15. The lowest BCUT2D eigenvalue weighted by Gasteiger charge is -2.10. The van der Waals surface area contributed by atoms with Gasteiger partial charge in [-0.15, -0.1) is 0 Å². The number of nitrogens with two attached hydrogens (primary N) is 2. The Labute approximate surface area is 182 Å². The molecule has 0 spiro atoms. The van der Waals surface area contributed by atoms with Gasteiger partial charge in [-0.2, -0.15) is 0 Å². The fourth-order valence-corrected chi connectivity index (χ4v) is 2.20. The van der Waals surface area contributed by atoms with Crippen LogP contribution in [0.5, 0.6) is 0 Å². The molecule has 4 N–H and O–H groups in total. The van der Waals surface area contributed by atoms with Crippen LogP contribution in [0.4, 0.5) is 0 Å². The van der Waals surface area contributed by atoms with Crippen molar-refractivity contribution >= 4 is 12.4 Å². The number of halogens is 2. The van der Waals surface area contributed by atoms with Gasteiger partial charge in [-0.3, -0.25) is 0 Å². The fourth-order valence-electron chi connectivity index (χ4n) is 2.20. The number of oxime groups is 2. The molecule has 0 aromatic rings. The normalized spacial score (nSPS) is 11.1. The van der Waals surface area contributed by atoms with Crippen molar-refractivity contribution in [1.29, 1.82) is 0 Å². The van der Waals surface area contributed by atoms with Crippen LogP contribution >= 0.6 is 0 Å². The Hall–Kier alpha value is 0.320. The van der Waals surface area contributed by atoms with Gasteiger partial charge < -0.3 is 68.3 Å². The summed E-state index contributed by atoms with van der Waals surface area (Å²) in [6, 6.07) is 1.39. The van der Waals surface area contributed by atoms with Crippen LogP contribution in [-0.2, 0) is 9.68 Å². The lowest BCUT2D eigenvalue weighted by molar-refractivity contribution is -0.691. The fraction of sp³-hybridized carbons (Fsp3) is 0.875. The number of rotatable bonds is 15. The summed E-state index contributed by atoms with van der Waals surface area (Å²) in [5.74, 6) is 0. The van der Waals surface area contributed by atoms with Gasteiger partial charge in [-0.25, -0.2) is 0 Å². The number of hydrogen-bond acceptors (Lipinski definition) is 4. The molecule has 6 nitrogen and oxygen atoms in total. The SMILES string of the molecule is CCC(CC)[NH2+]CCO/N=C\C=N/OCC[NH2+]C(CC)CC.[I-].[I-]. The van der Waals surface area contributed by atoms with Gasteiger partial charge in [0.15, 0.2) is 13.2 Å². The van der Waals surface area contributed by atoms with Crippen LogP contribution in [-0.4, -0.2) is 50.8 Å². The van der Waals surface area contributed by atoms with Crippen LogP contribution in [0, 0.1) is 0 Å². The molecule has 146 valence electrons. The van der Waals surface area contributed by atoms with E-state index in [1.165, 1.54) is 38.1 Å². The Bertz CT molecular complexity index is 259. The van der Waals surface area contributed by atoms with E-state index in [0.29, 0.717) is 25.3 Å². The third-order valence-corrected chi connectivity index (χ3v) is 3.85. The third kappa shape index (κ3) is 18.7. The summed E-state index contributed by atoms with van der Waals surface area (Å²) in [4.78, 5) is 10.3. The van der Waals surface area contributed by atoms with Gasteiger partial charge >= 0.3 is 0 Å². The van der Waals surface area contributed by atoms with Crippen molar-refractivity contribution in [3.63, 3.8) is 0 Å². The molecule has 0 heterocycles. The summed E-state index contributed by atoms with van der Waals surface area (Å²) in [5, 5.41) is 12.2. The quantitative estimate of drug-likeness (QED) is 0.0894. The minimum absolute atomic E-state index is 0. The Morgan fingerprint density at radius 2 is 1.04 bits per heavy atom. The second-order valence-electron chi connectivity index (χ2n) is 5.38. The minimum atomic E-state index is 0. The van der Waals surface area contributed by atoms with Crippen molar-refractivity contribution in [2.75, 3.05) is 26.3 Å². The van der Waals surface area contributed by atoms with Crippen molar-refractivity contribution in [2.24, 2.45) is 10.3 Å². The van der Waals surface area contributed by atoms with Gasteiger partial charge in [0, 0.05) is 0 Å². The monoisotopic (exact) mass is 570 g/mol. The molecule has 0 aromatic heterocycles. The van der Waals surface area contributed by atoms with Crippen LogP contribution in [0.1, 0.15) is 53.4 Å². The summed E-state index contributed by atoms with van der Waals surface area (Å²) in [7, 11) is 0. The molecular formula is C16H36I2N4O2. The predicted molar refractivity (Wildman–Crippen MR) is 91.2 cm³/mol. The Kier molecular flexibility index (Phi) is 28.3. The first-order chi connectivity index (χ1) is 10.8. The van der Waals surface area contributed by atoms with Crippen LogP contribution in [0.3, 0.4) is 0 Å². The molecule has 0 aliphatic carbocycles. The first-order valence-electron chi connectivity index (χ1n) is 8.74. The molecule has 0 aliphatic heterocycles. The first-order valence-corrected chi connectivity index (χ1v) is 8.74. The molecule has 0 unspecified atom stereocenters.